The Kier molecular flexibility index (Phi) is 4.00. The molecule has 0 aliphatic carbocycles. The SMILES string of the molecule is CC/C(=C\c1ccc2nccn2c1)c1ccc(Cl)cc1Cl. The molecule has 4 heteroatoms. The van der Waals surface area contributed by atoms with Crippen LogP contribution in [0.5, 0.6) is 0 Å². The molecule has 0 bridgehead atoms. The average molecular weight is 317 g/mol. The van der Waals surface area contributed by atoms with Crippen molar-refractivity contribution in [3.63, 3.8) is 0 Å². The Hall–Kier alpha value is -1.77. The molecule has 0 N–H and O–H groups in total. The molecule has 1 aromatic carbocycles. The quantitative estimate of drug-likeness (QED) is 0.615. The molecular weight excluding hydrogens is 303 g/mol. The number of halogens is 2. The van der Waals surface area contributed by atoms with Gasteiger partial charge in [-0.3, -0.25) is 0 Å². The van der Waals surface area contributed by atoms with Crippen molar-refractivity contribution in [1.82, 2.24) is 9.38 Å². The van der Waals surface area contributed by atoms with Gasteiger partial charge in [0.15, 0.2) is 0 Å². The van der Waals surface area contributed by atoms with Crippen molar-refractivity contribution in [2.24, 2.45) is 0 Å². The molecule has 2 heterocycles. The third-order valence-corrected chi connectivity index (χ3v) is 3.96. The molecule has 3 rings (SSSR count). The normalized spacial score (nSPS) is 12.0. The van der Waals surface area contributed by atoms with Crippen LogP contribution in [-0.2, 0) is 0 Å². The van der Waals surface area contributed by atoms with E-state index in [1.165, 1.54) is 5.57 Å². The van der Waals surface area contributed by atoms with Gasteiger partial charge in [-0.25, -0.2) is 4.98 Å². The highest BCUT2D eigenvalue weighted by Crippen LogP contribution is 2.30. The molecule has 0 saturated heterocycles. The van der Waals surface area contributed by atoms with Crippen molar-refractivity contribution in [3.8, 4) is 0 Å². The lowest BCUT2D eigenvalue weighted by molar-refractivity contribution is 1.18. The molecule has 0 fully saturated rings. The van der Waals surface area contributed by atoms with E-state index in [4.69, 9.17) is 23.2 Å². The van der Waals surface area contributed by atoms with Crippen molar-refractivity contribution < 1.29 is 0 Å². The molecule has 0 spiro atoms. The zero-order valence-electron chi connectivity index (χ0n) is 11.6. The fourth-order valence-corrected chi connectivity index (χ4v) is 2.87. The van der Waals surface area contributed by atoms with Crippen LogP contribution >= 0.6 is 23.2 Å². The van der Waals surface area contributed by atoms with Gasteiger partial charge in [-0.2, -0.15) is 0 Å². The maximum absolute atomic E-state index is 6.31. The minimum absolute atomic E-state index is 0.652. The Balaban J connectivity index is 2.05. The lowest BCUT2D eigenvalue weighted by Gasteiger charge is -2.08. The van der Waals surface area contributed by atoms with E-state index in [2.05, 4.69) is 30.2 Å². The summed E-state index contributed by atoms with van der Waals surface area (Å²) in [4.78, 5) is 4.25. The fraction of sp³-hybridized carbons (Fsp3) is 0.118. The summed E-state index contributed by atoms with van der Waals surface area (Å²) in [5.74, 6) is 0. The van der Waals surface area contributed by atoms with Gasteiger partial charge in [-0.05, 0) is 53.5 Å². The Labute approximate surface area is 133 Å². The van der Waals surface area contributed by atoms with Crippen LogP contribution in [0.15, 0.2) is 48.9 Å². The Morgan fingerprint density at radius 1 is 1.24 bits per heavy atom. The Morgan fingerprint density at radius 2 is 2.10 bits per heavy atom. The zero-order valence-corrected chi connectivity index (χ0v) is 13.1. The molecule has 0 unspecified atom stereocenters. The molecule has 0 atom stereocenters. The lowest BCUT2D eigenvalue weighted by atomic mass is 10.0. The minimum Gasteiger partial charge on any atom is -0.307 e. The third-order valence-electron chi connectivity index (χ3n) is 3.41. The summed E-state index contributed by atoms with van der Waals surface area (Å²) in [7, 11) is 0. The van der Waals surface area contributed by atoms with Crippen LogP contribution in [0.1, 0.15) is 24.5 Å². The van der Waals surface area contributed by atoms with Crippen LogP contribution < -0.4 is 0 Å². The van der Waals surface area contributed by atoms with Crippen LogP contribution in [-0.4, -0.2) is 9.38 Å². The van der Waals surface area contributed by atoms with Gasteiger partial charge >= 0.3 is 0 Å². The number of benzene rings is 1. The second-order valence-electron chi connectivity index (χ2n) is 4.80. The number of nitrogens with zero attached hydrogens (tertiary/aromatic N) is 2. The summed E-state index contributed by atoms with van der Waals surface area (Å²) in [5, 5.41) is 1.33. The summed E-state index contributed by atoms with van der Waals surface area (Å²) < 4.78 is 2.00. The summed E-state index contributed by atoms with van der Waals surface area (Å²) in [6.45, 7) is 2.12. The molecule has 2 aromatic heterocycles. The van der Waals surface area contributed by atoms with Gasteiger partial charge in [-0.15, -0.1) is 0 Å². The summed E-state index contributed by atoms with van der Waals surface area (Å²) in [6, 6.07) is 9.67. The van der Waals surface area contributed by atoms with E-state index in [-0.39, 0.29) is 0 Å². The molecule has 3 aromatic rings. The van der Waals surface area contributed by atoms with Crippen LogP contribution in [0.25, 0.3) is 17.3 Å². The standard InChI is InChI=1S/C17H14Cl2N2/c1-2-13(15-5-4-14(18)10-16(15)19)9-12-3-6-17-20-7-8-21(17)11-12/h3-11H,2H2,1H3/b13-9+. The predicted octanol–water partition coefficient (Wildman–Crippen LogP) is 5.59. The number of aromatic nitrogens is 2. The van der Waals surface area contributed by atoms with E-state index in [0.29, 0.717) is 10.0 Å². The maximum atomic E-state index is 6.31. The molecular formula is C17H14Cl2N2. The van der Waals surface area contributed by atoms with Crippen LogP contribution in [0, 0.1) is 0 Å². The van der Waals surface area contributed by atoms with Gasteiger partial charge in [-0.1, -0.05) is 36.2 Å². The molecule has 21 heavy (non-hydrogen) atoms. The highest BCUT2D eigenvalue weighted by atomic mass is 35.5. The molecule has 0 amide bonds. The largest absolute Gasteiger partial charge is 0.307 e. The first kappa shape index (κ1) is 14.2. The van der Waals surface area contributed by atoms with Crippen LogP contribution in [0.4, 0.5) is 0 Å². The first-order valence-electron chi connectivity index (χ1n) is 6.76. The number of rotatable bonds is 3. The summed E-state index contributed by atoms with van der Waals surface area (Å²) in [5.41, 5.74) is 4.25. The molecule has 0 radical (unpaired) electrons. The summed E-state index contributed by atoms with van der Waals surface area (Å²) in [6.07, 6.45) is 8.83. The first-order valence-corrected chi connectivity index (χ1v) is 7.51. The van der Waals surface area contributed by atoms with Gasteiger partial charge in [0.1, 0.15) is 5.65 Å². The first-order chi connectivity index (χ1) is 10.2. The number of imidazole rings is 1. The molecule has 2 nitrogen and oxygen atoms in total. The van der Waals surface area contributed by atoms with E-state index in [1.54, 1.807) is 12.3 Å². The van der Waals surface area contributed by atoms with Gasteiger partial charge in [0.25, 0.3) is 0 Å². The number of allylic oxidation sites excluding steroid dienone is 1. The van der Waals surface area contributed by atoms with Gasteiger partial charge in [0.05, 0.1) is 0 Å². The monoisotopic (exact) mass is 316 g/mol. The number of hydrogen-bond acceptors (Lipinski definition) is 1. The van der Waals surface area contributed by atoms with Gasteiger partial charge < -0.3 is 4.40 Å². The predicted molar refractivity (Wildman–Crippen MR) is 89.8 cm³/mol. The van der Waals surface area contributed by atoms with E-state index in [9.17, 15) is 0 Å². The third kappa shape index (κ3) is 2.97. The lowest BCUT2D eigenvalue weighted by Crippen LogP contribution is -1.88. The zero-order chi connectivity index (χ0) is 14.8. The average Bonchev–Trinajstić information content (AvgIpc) is 2.93. The molecule has 0 aliphatic heterocycles. The number of fused-ring (bicyclic) bond motifs is 1. The van der Waals surface area contributed by atoms with Crippen LogP contribution in [0.3, 0.4) is 0 Å². The van der Waals surface area contributed by atoms with Crippen LogP contribution in [0.2, 0.25) is 10.0 Å². The number of pyridine rings is 1. The van der Waals surface area contributed by atoms with Crippen molar-refractivity contribution >= 4 is 40.5 Å². The number of hydrogen-bond donors (Lipinski definition) is 0. The Morgan fingerprint density at radius 3 is 2.86 bits per heavy atom. The van der Waals surface area contributed by atoms with E-state index < -0.39 is 0 Å². The Bertz CT molecular complexity index is 819. The molecule has 0 saturated carbocycles. The fourth-order valence-electron chi connectivity index (χ4n) is 2.34. The molecule has 0 aliphatic rings. The second kappa shape index (κ2) is 5.92. The van der Waals surface area contributed by atoms with E-state index >= 15 is 0 Å². The minimum atomic E-state index is 0.652. The van der Waals surface area contributed by atoms with Crippen molar-refractivity contribution in [3.05, 3.63) is 70.1 Å². The van der Waals surface area contributed by atoms with E-state index in [1.807, 2.05) is 28.8 Å². The van der Waals surface area contributed by atoms with E-state index in [0.717, 1.165) is 23.2 Å². The molecule has 106 valence electrons. The highest BCUT2D eigenvalue weighted by molar-refractivity contribution is 6.35. The highest BCUT2D eigenvalue weighted by Gasteiger charge is 2.06. The smallest absolute Gasteiger partial charge is 0.136 e. The van der Waals surface area contributed by atoms with Crippen molar-refractivity contribution in [1.29, 1.82) is 0 Å². The topological polar surface area (TPSA) is 17.3 Å². The maximum Gasteiger partial charge on any atom is 0.136 e. The van der Waals surface area contributed by atoms with Crippen molar-refractivity contribution in [2.75, 3.05) is 0 Å². The van der Waals surface area contributed by atoms with Crippen molar-refractivity contribution in [2.45, 2.75) is 13.3 Å². The second-order valence-corrected chi connectivity index (χ2v) is 5.65. The van der Waals surface area contributed by atoms with Gasteiger partial charge in [0.2, 0.25) is 0 Å². The summed E-state index contributed by atoms with van der Waals surface area (Å²) >= 11 is 12.3. The van der Waals surface area contributed by atoms with Gasteiger partial charge in [0, 0.05) is 28.6 Å².